The van der Waals surface area contributed by atoms with Crippen molar-refractivity contribution >= 4 is 44.3 Å². The van der Waals surface area contributed by atoms with Crippen LogP contribution < -0.4 is 14.9 Å². The minimum Gasteiger partial charge on any atom is -0.493 e. The van der Waals surface area contributed by atoms with Crippen molar-refractivity contribution in [3.63, 3.8) is 0 Å². The van der Waals surface area contributed by atoms with Gasteiger partial charge in [0.2, 0.25) is 10.9 Å². The number of hydrogen-bond acceptors (Lipinski definition) is 10. The first-order valence-electron chi connectivity index (χ1n) is 9.38. The van der Waals surface area contributed by atoms with E-state index < -0.39 is 21.2 Å². The second kappa shape index (κ2) is 9.28. The monoisotopic (exact) mass is 465 g/mol. The van der Waals surface area contributed by atoms with E-state index in [2.05, 4.69) is 15.5 Å². The summed E-state index contributed by atoms with van der Waals surface area (Å²) in [5, 5.41) is 27.1. The van der Waals surface area contributed by atoms with Crippen molar-refractivity contribution in [2.45, 2.75) is 0 Å². The van der Waals surface area contributed by atoms with E-state index in [0.29, 0.717) is 16.4 Å². The number of thiazole rings is 1. The smallest absolute Gasteiger partial charge is 0.318 e. The van der Waals surface area contributed by atoms with Crippen LogP contribution in [0, 0.1) is 20.2 Å². The number of benzene rings is 3. The molecule has 0 amide bonds. The highest BCUT2D eigenvalue weighted by atomic mass is 32.1. The molecule has 0 aliphatic rings. The third-order valence-electron chi connectivity index (χ3n) is 4.43. The second-order valence-corrected chi connectivity index (χ2v) is 7.57. The Morgan fingerprint density at radius 2 is 1.79 bits per heavy atom. The molecule has 1 heterocycles. The summed E-state index contributed by atoms with van der Waals surface area (Å²) in [6, 6.07) is 15.8. The maximum Gasteiger partial charge on any atom is 0.318 e. The average molecular weight is 465 g/mol. The van der Waals surface area contributed by atoms with Gasteiger partial charge in [0.1, 0.15) is 0 Å². The van der Waals surface area contributed by atoms with Crippen LogP contribution in [-0.4, -0.2) is 28.2 Å². The van der Waals surface area contributed by atoms with Gasteiger partial charge in [-0.25, -0.2) is 4.98 Å². The molecule has 0 saturated carbocycles. The lowest BCUT2D eigenvalue weighted by atomic mass is 10.2. The Kier molecular flexibility index (Phi) is 6.09. The number of nitro groups is 2. The fraction of sp³-hybridized carbons (Fsp3) is 0.0476. The number of nitro benzene ring substituents is 2. The molecule has 0 saturated heterocycles. The maximum absolute atomic E-state index is 11.4. The molecule has 0 bridgehead atoms. The minimum atomic E-state index is -0.748. The maximum atomic E-state index is 11.4. The SMILES string of the molecule is COc1ccc(/C=N/Nc2nc3ccccc3s2)cc1Oc1ccc([N+](=O)[O-])cc1[N+](=O)[O-]. The fourth-order valence-corrected chi connectivity index (χ4v) is 3.72. The lowest BCUT2D eigenvalue weighted by Crippen LogP contribution is -1.98. The van der Waals surface area contributed by atoms with Crippen LogP contribution in [0.1, 0.15) is 5.56 Å². The second-order valence-electron chi connectivity index (χ2n) is 6.54. The summed E-state index contributed by atoms with van der Waals surface area (Å²) in [5.41, 5.74) is 3.40. The van der Waals surface area contributed by atoms with Crippen LogP contribution >= 0.6 is 11.3 Å². The minimum absolute atomic E-state index is 0.161. The van der Waals surface area contributed by atoms with E-state index in [4.69, 9.17) is 9.47 Å². The summed E-state index contributed by atoms with van der Waals surface area (Å²) in [7, 11) is 1.43. The zero-order valence-electron chi connectivity index (χ0n) is 17.0. The highest BCUT2D eigenvalue weighted by molar-refractivity contribution is 7.22. The third kappa shape index (κ3) is 4.85. The molecule has 33 heavy (non-hydrogen) atoms. The van der Waals surface area contributed by atoms with Gasteiger partial charge in [-0.2, -0.15) is 5.10 Å². The van der Waals surface area contributed by atoms with Crippen LogP contribution in [0.5, 0.6) is 17.2 Å². The predicted molar refractivity (Wildman–Crippen MR) is 124 cm³/mol. The molecule has 0 aliphatic carbocycles. The van der Waals surface area contributed by atoms with Gasteiger partial charge in [-0.1, -0.05) is 23.5 Å². The summed E-state index contributed by atoms with van der Waals surface area (Å²) in [6.45, 7) is 0. The van der Waals surface area contributed by atoms with Crippen molar-refractivity contribution in [3.8, 4) is 17.2 Å². The van der Waals surface area contributed by atoms with Gasteiger partial charge in [0, 0.05) is 6.07 Å². The molecule has 0 atom stereocenters. The molecule has 0 fully saturated rings. The first kappa shape index (κ1) is 21.6. The summed E-state index contributed by atoms with van der Waals surface area (Å²) in [4.78, 5) is 25.3. The molecule has 11 nitrogen and oxygen atoms in total. The van der Waals surface area contributed by atoms with Gasteiger partial charge in [0.25, 0.3) is 5.69 Å². The Bertz CT molecular complexity index is 1350. The molecule has 0 aliphatic heterocycles. The first-order chi connectivity index (χ1) is 15.9. The van der Waals surface area contributed by atoms with Crippen molar-refractivity contribution in [2.75, 3.05) is 12.5 Å². The number of hydrogen-bond donors (Lipinski definition) is 1. The van der Waals surface area contributed by atoms with Gasteiger partial charge < -0.3 is 9.47 Å². The van der Waals surface area contributed by atoms with Gasteiger partial charge in [-0.15, -0.1) is 0 Å². The Hall–Kier alpha value is -4.58. The molecule has 166 valence electrons. The van der Waals surface area contributed by atoms with Gasteiger partial charge >= 0.3 is 5.69 Å². The lowest BCUT2D eigenvalue weighted by molar-refractivity contribution is -0.394. The molecule has 0 unspecified atom stereocenters. The summed E-state index contributed by atoms with van der Waals surface area (Å²) in [6.07, 6.45) is 1.53. The van der Waals surface area contributed by atoms with Crippen LogP contribution in [0.2, 0.25) is 0 Å². The predicted octanol–water partition coefficient (Wildman–Crippen LogP) is 5.36. The van der Waals surface area contributed by atoms with Crippen molar-refractivity contribution < 1.29 is 19.3 Å². The molecular formula is C21H15N5O6S. The molecular weight excluding hydrogens is 450 g/mol. The highest BCUT2D eigenvalue weighted by Crippen LogP contribution is 2.38. The zero-order chi connectivity index (χ0) is 23.4. The lowest BCUT2D eigenvalue weighted by Gasteiger charge is -2.11. The molecule has 0 radical (unpaired) electrons. The topological polar surface area (TPSA) is 142 Å². The zero-order valence-corrected chi connectivity index (χ0v) is 17.8. The van der Waals surface area contributed by atoms with Crippen LogP contribution in [0.4, 0.5) is 16.5 Å². The van der Waals surface area contributed by atoms with Crippen LogP contribution in [0.25, 0.3) is 10.2 Å². The number of non-ortho nitro benzene ring substituents is 1. The van der Waals surface area contributed by atoms with Crippen LogP contribution in [0.3, 0.4) is 0 Å². The number of fused-ring (bicyclic) bond motifs is 1. The fourth-order valence-electron chi connectivity index (χ4n) is 2.90. The molecule has 0 spiro atoms. The van der Waals surface area contributed by atoms with Crippen LogP contribution in [-0.2, 0) is 0 Å². The van der Waals surface area contributed by atoms with Gasteiger partial charge in [0.05, 0.1) is 39.5 Å². The number of nitrogens with one attached hydrogen (secondary N) is 1. The Morgan fingerprint density at radius 1 is 1.00 bits per heavy atom. The Balaban J connectivity index is 1.57. The molecule has 4 rings (SSSR count). The van der Waals surface area contributed by atoms with E-state index in [-0.39, 0.29) is 11.5 Å². The van der Waals surface area contributed by atoms with E-state index in [0.717, 1.165) is 22.3 Å². The Morgan fingerprint density at radius 3 is 2.52 bits per heavy atom. The number of ether oxygens (including phenoxy) is 2. The summed E-state index contributed by atoms with van der Waals surface area (Å²) in [5.74, 6) is 0.336. The average Bonchev–Trinajstić information content (AvgIpc) is 3.22. The van der Waals surface area contributed by atoms with Crippen LogP contribution in [0.15, 0.2) is 65.8 Å². The van der Waals surface area contributed by atoms with E-state index >= 15 is 0 Å². The van der Waals surface area contributed by atoms with E-state index in [1.165, 1.54) is 30.7 Å². The highest BCUT2D eigenvalue weighted by Gasteiger charge is 2.22. The molecule has 1 aromatic heterocycles. The summed E-state index contributed by atoms with van der Waals surface area (Å²) >= 11 is 1.46. The normalized spacial score (nSPS) is 10.9. The molecule has 3 aromatic carbocycles. The van der Waals surface area contributed by atoms with E-state index in [1.54, 1.807) is 18.2 Å². The quantitative estimate of drug-likeness (QED) is 0.208. The third-order valence-corrected chi connectivity index (χ3v) is 5.37. The van der Waals surface area contributed by atoms with Gasteiger partial charge in [-0.3, -0.25) is 25.7 Å². The van der Waals surface area contributed by atoms with Gasteiger partial charge in [0.15, 0.2) is 11.5 Å². The number of methoxy groups -OCH3 is 1. The van der Waals surface area contributed by atoms with Crippen molar-refractivity contribution in [1.82, 2.24) is 4.98 Å². The molecule has 1 N–H and O–H groups in total. The number of anilines is 1. The number of hydrazone groups is 1. The number of para-hydroxylation sites is 1. The first-order valence-corrected chi connectivity index (χ1v) is 10.2. The van der Waals surface area contributed by atoms with Gasteiger partial charge in [-0.05, 0) is 42.0 Å². The number of rotatable bonds is 8. The molecule has 4 aromatic rings. The van der Waals surface area contributed by atoms with E-state index in [9.17, 15) is 20.2 Å². The number of aromatic nitrogens is 1. The van der Waals surface area contributed by atoms with Crippen molar-refractivity contribution in [2.24, 2.45) is 5.10 Å². The van der Waals surface area contributed by atoms with E-state index in [1.807, 2.05) is 24.3 Å². The molecule has 12 heteroatoms. The van der Waals surface area contributed by atoms with Crippen molar-refractivity contribution in [3.05, 3.63) is 86.5 Å². The number of nitrogens with zero attached hydrogens (tertiary/aromatic N) is 4. The summed E-state index contributed by atoms with van der Waals surface area (Å²) < 4.78 is 12.0. The van der Waals surface area contributed by atoms with Crippen molar-refractivity contribution in [1.29, 1.82) is 0 Å². The standard InChI is InChI=1S/C21H15N5O6S/c1-31-18-8-6-13(12-22-24-21-23-15-4-2-3-5-20(15)33-21)10-19(18)32-17-9-7-14(25(27)28)11-16(17)26(29)30/h2-12H,1H3,(H,23,24)/b22-12+. The largest absolute Gasteiger partial charge is 0.493 e. The Labute approximate surface area is 190 Å².